The molecule has 0 radical (unpaired) electrons. The molecule has 0 bridgehead atoms. The maximum atomic E-state index is 4.96. The van der Waals surface area contributed by atoms with E-state index in [1.54, 1.807) is 6.20 Å². The van der Waals surface area contributed by atoms with Crippen molar-refractivity contribution in [3.05, 3.63) is 156 Å². The summed E-state index contributed by atoms with van der Waals surface area (Å²) in [7, 11) is 0. The molecule has 0 unspecified atom stereocenters. The summed E-state index contributed by atoms with van der Waals surface area (Å²) in [4.78, 5) is 14.1. The molecule has 0 fully saturated rings. The predicted octanol–water partition coefficient (Wildman–Crippen LogP) is 10.3. The molecule has 0 atom stereocenters. The fourth-order valence-electron chi connectivity index (χ4n) is 8.05. The Hall–Kier alpha value is -5.61. The second kappa shape index (κ2) is 9.94. The number of aromatic nitrogens is 4. The molecule has 2 aliphatic rings. The zero-order valence-electron chi connectivity index (χ0n) is 27.0. The first-order valence-electron chi connectivity index (χ1n) is 16.3. The maximum Gasteiger partial charge on any atom is 0.234 e. The molecule has 3 aromatic heterocycles. The normalized spacial score (nSPS) is 15.5. The highest BCUT2D eigenvalue weighted by Gasteiger charge is 2.49. The third kappa shape index (κ3) is 4.04. The number of imidazole rings is 1. The van der Waals surface area contributed by atoms with Crippen LogP contribution in [0.2, 0.25) is 0 Å². The number of benzene rings is 4. The SMILES string of the molecule is CC1(C)C2=C(c3ccc(-c4ccc(-c5nc6ncccn6c5-c5ccccc5)cc4)cc31)C(C)(C)c1cc(-c3ccccn3)ccc12. The molecule has 2 aliphatic carbocycles. The van der Waals surface area contributed by atoms with Crippen LogP contribution in [0.4, 0.5) is 0 Å². The van der Waals surface area contributed by atoms with Gasteiger partial charge in [-0.1, -0.05) is 113 Å². The lowest BCUT2D eigenvalue weighted by Gasteiger charge is -2.28. The highest BCUT2D eigenvalue weighted by Crippen LogP contribution is 2.63. The van der Waals surface area contributed by atoms with Gasteiger partial charge in [0.25, 0.3) is 0 Å². The summed E-state index contributed by atoms with van der Waals surface area (Å²) in [5.74, 6) is 0.698. The number of nitrogens with zero attached hydrogens (tertiary/aromatic N) is 4. The molecule has 7 aromatic rings. The second-order valence-electron chi connectivity index (χ2n) is 13.8. The predicted molar refractivity (Wildman–Crippen MR) is 192 cm³/mol. The number of fused-ring (bicyclic) bond motifs is 5. The molecular weight excluding hydrogens is 573 g/mol. The summed E-state index contributed by atoms with van der Waals surface area (Å²) in [6.45, 7) is 9.54. The van der Waals surface area contributed by atoms with Crippen molar-refractivity contribution in [3.8, 4) is 44.9 Å². The van der Waals surface area contributed by atoms with E-state index in [1.807, 2.05) is 30.6 Å². The Balaban J connectivity index is 1.09. The smallest absolute Gasteiger partial charge is 0.234 e. The Morgan fingerprint density at radius 2 is 1.11 bits per heavy atom. The summed E-state index contributed by atoms with van der Waals surface area (Å²) < 4.78 is 2.08. The average molecular weight is 607 g/mol. The number of rotatable bonds is 4. The minimum absolute atomic E-state index is 0.111. The van der Waals surface area contributed by atoms with Crippen LogP contribution in [0.25, 0.3) is 61.8 Å². The van der Waals surface area contributed by atoms with Gasteiger partial charge >= 0.3 is 0 Å². The highest BCUT2D eigenvalue weighted by atomic mass is 15.1. The van der Waals surface area contributed by atoms with Crippen molar-refractivity contribution in [2.75, 3.05) is 0 Å². The van der Waals surface area contributed by atoms with Crippen LogP contribution >= 0.6 is 0 Å². The number of hydrogen-bond acceptors (Lipinski definition) is 3. The van der Waals surface area contributed by atoms with Gasteiger partial charge in [-0.3, -0.25) is 9.38 Å². The van der Waals surface area contributed by atoms with Crippen LogP contribution < -0.4 is 0 Å². The number of allylic oxidation sites excluding steroid dienone is 2. The van der Waals surface area contributed by atoms with Crippen molar-refractivity contribution in [1.82, 2.24) is 19.4 Å². The zero-order valence-corrected chi connectivity index (χ0v) is 27.0. The Morgan fingerprint density at radius 1 is 0.511 bits per heavy atom. The maximum absolute atomic E-state index is 4.96. The molecule has 9 rings (SSSR count). The fraction of sp³-hybridized carbons (Fsp3) is 0.140. The summed E-state index contributed by atoms with van der Waals surface area (Å²) >= 11 is 0. The molecule has 0 N–H and O–H groups in total. The van der Waals surface area contributed by atoms with Gasteiger partial charge in [-0.15, -0.1) is 0 Å². The molecule has 4 aromatic carbocycles. The molecule has 4 heteroatoms. The topological polar surface area (TPSA) is 43.1 Å². The second-order valence-corrected chi connectivity index (χ2v) is 13.8. The minimum Gasteiger partial charge on any atom is -0.283 e. The van der Waals surface area contributed by atoms with Gasteiger partial charge in [-0.05, 0) is 74.9 Å². The van der Waals surface area contributed by atoms with Gasteiger partial charge in [0, 0.05) is 46.1 Å². The Bertz CT molecular complexity index is 2380. The standard InChI is InChI=1S/C43H34N4/c1-42(2)34-25-30(18-20-32(34)37-38(42)33-21-19-31(26-35(33)43(37,3)4)36-13-8-9-22-44-36)27-14-16-28(17-15-27)39-40(29-11-6-5-7-12-29)47-24-10-23-45-41(47)46-39/h5-26H,1-4H3. The van der Waals surface area contributed by atoms with Gasteiger partial charge in [0.2, 0.25) is 5.78 Å². The van der Waals surface area contributed by atoms with Crippen LogP contribution in [0.3, 0.4) is 0 Å². The van der Waals surface area contributed by atoms with Gasteiger partial charge < -0.3 is 0 Å². The van der Waals surface area contributed by atoms with Crippen molar-refractivity contribution >= 4 is 16.9 Å². The third-order valence-corrected chi connectivity index (χ3v) is 10.3. The van der Waals surface area contributed by atoms with Crippen molar-refractivity contribution in [1.29, 1.82) is 0 Å². The van der Waals surface area contributed by atoms with Gasteiger partial charge in [0.1, 0.15) is 0 Å². The Kier molecular flexibility index (Phi) is 5.86. The molecular formula is C43H34N4. The molecule has 4 nitrogen and oxygen atoms in total. The van der Waals surface area contributed by atoms with E-state index < -0.39 is 0 Å². The molecule has 0 amide bonds. The van der Waals surface area contributed by atoms with E-state index in [9.17, 15) is 0 Å². The fourth-order valence-corrected chi connectivity index (χ4v) is 8.05. The van der Waals surface area contributed by atoms with Crippen molar-refractivity contribution < 1.29 is 0 Å². The molecule has 0 aliphatic heterocycles. The van der Waals surface area contributed by atoms with Crippen molar-refractivity contribution in [2.45, 2.75) is 38.5 Å². The largest absolute Gasteiger partial charge is 0.283 e. The van der Waals surface area contributed by atoms with Gasteiger partial charge in [0.05, 0.1) is 17.1 Å². The van der Waals surface area contributed by atoms with Crippen molar-refractivity contribution in [2.24, 2.45) is 0 Å². The highest BCUT2D eigenvalue weighted by molar-refractivity contribution is 6.10. The first-order valence-corrected chi connectivity index (χ1v) is 16.3. The summed E-state index contributed by atoms with van der Waals surface area (Å²) in [6, 6.07) is 41.4. The van der Waals surface area contributed by atoms with E-state index in [4.69, 9.17) is 4.98 Å². The average Bonchev–Trinajstić information content (AvgIpc) is 3.70. The van der Waals surface area contributed by atoms with Crippen molar-refractivity contribution in [3.63, 3.8) is 0 Å². The first kappa shape index (κ1) is 27.7. The Morgan fingerprint density at radius 3 is 1.79 bits per heavy atom. The lowest BCUT2D eigenvalue weighted by molar-refractivity contribution is 0.694. The van der Waals surface area contributed by atoms with E-state index in [0.717, 1.165) is 28.2 Å². The van der Waals surface area contributed by atoms with E-state index >= 15 is 0 Å². The minimum atomic E-state index is -0.121. The van der Waals surface area contributed by atoms with E-state index in [2.05, 4.69) is 139 Å². The first-order chi connectivity index (χ1) is 22.8. The zero-order chi connectivity index (χ0) is 31.9. The summed E-state index contributed by atoms with van der Waals surface area (Å²) in [5.41, 5.74) is 17.0. The van der Waals surface area contributed by atoms with Crippen LogP contribution in [0.15, 0.2) is 134 Å². The quantitative estimate of drug-likeness (QED) is 0.200. The number of pyridine rings is 1. The Labute approximate surface area is 275 Å². The van der Waals surface area contributed by atoms with Crippen LogP contribution in [0.5, 0.6) is 0 Å². The van der Waals surface area contributed by atoms with Gasteiger partial charge in [0.15, 0.2) is 0 Å². The lowest BCUT2D eigenvalue weighted by Crippen LogP contribution is -2.19. The van der Waals surface area contributed by atoms with E-state index in [1.165, 1.54) is 50.1 Å². The molecule has 0 saturated carbocycles. The van der Waals surface area contributed by atoms with Crippen LogP contribution in [0.1, 0.15) is 49.9 Å². The molecule has 0 spiro atoms. The lowest BCUT2D eigenvalue weighted by atomic mass is 9.75. The summed E-state index contributed by atoms with van der Waals surface area (Å²) in [5, 5.41) is 0. The molecule has 3 heterocycles. The molecule has 0 saturated heterocycles. The van der Waals surface area contributed by atoms with Gasteiger partial charge in [-0.25, -0.2) is 9.97 Å². The van der Waals surface area contributed by atoms with E-state index in [-0.39, 0.29) is 10.8 Å². The third-order valence-electron chi connectivity index (χ3n) is 10.3. The monoisotopic (exact) mass is 606 g/mol. The van der Waals surface area contributed by atoms with Gasteiger partial charge in [-0.2, -0.15) is 0 Å². The molecule has 226 valence electrons. The molecule has 47 heavy (non-hydrogen) atoms. The van der Waals surface area contributed by atoms with Crippen LogP contribution in [-0.2, 0) is 10.8 Å². The number of hydrogen-bond donors (Lipinski definition) is 0. The van der Waals surface area contributed by atoms with Crippen LogP contribution in [0, 0.1) is 0 Å². The van der Waals surface area contributed by atoms with E-state index in [0.29, 0.717) is 5.78 Å². The van der Waals surface area contributed by atoms with Crippen LogP contribution in [-0.4, -0.2) is 19.4 Å². The summed E-state index contributed by atoms with van der Waals surface area (Å²) in [6.07, 6.45) is 5.70.